The minimum atomic E-state index is 0.0701. The van der Waals surface area contributed by atoms with Crippen LogP contribution in [0.3, 0.4) is 0 Å². The number of anilines is 1. The highest BCUT2D eigenvalue weighted by Gasteiger charge is 2.26. The van der Waals surface area contributed by atoms with E-state index in [1.807, 2.05) is 29.2 Å². The fourth-order valence-corrected chi connectivity index (χ4v) is 3.84. The summed E-state index contributed by atoms with van der Waals surface area (Å²) in [7, 11) is 0. The number of amides is 1. The molecule has 0 radical (unpaired) electrons. The Kier molecular flexibility index (Phi) is 6.10. The minimum absolute atomic E-state index is 0.0701. The first-order chi connectivity index (χ1) is 13.7. The summed E-state index contributed by atoms with van der Waals surface area (Å²) in [6.45, 7) is 6.95. The van der Waals surface area contributed by atoms with Gasteiger partial charge < -0.3 is 14.5 Å². The fraction of sp³-hybridized carbons (Fsp3) is 0.429. The predicted octanol–water partition coefficient (Wildman–Crippen LogP) is 2.53. The lowest BCUT2D eigenvalue weighted by Crippen LogP contribution is -2.48. The average Bonchev–Trinajstić information content (AvgIpc) is 2.76. The van der Waals surface area contributed by atoms with Gasteiger partial charge in [-0.15, -0.1) is 0 Å². The van der Waals surface area contributed by atoms with Gasteiger partial charge in [-0.1, -0.05) is 23.7 Å². The van der Waals surface area contributed by atoms with Crippen LogP contribution in [0.25, 0.3) is 0 Å². The van der Waals surface area contributed by atoms with E-state index in [0.29, 0.717) is 18.8 Å². The molecule has 2 saturated heterocycles. The van der Waals surface area contributed by atoms with Crippen LogP contribution >= 0.6 is 11.6 Å². The second kappa shape index (κ2) is 8.90. The van der Waals surface area contributed by atoms with Crippen molar-refractivity contribution in [1.82, 2.24) is 14.8 Å². The van der Waals surface area contributed by atoms with Gasteiger partial charge in [-0.05, 0) is 29.8 Å². The van der Waals surface area contributed by atoms with Crippen molar-refractivity contribution in [2.75, 3.05) is 57.4 Å². The molecule has 2 aliphatic rings. The molecule has 1 aromatic carbocycles. The lowest BCUT2D eigenvalue weighted by atomic mass is 10.1. The van der Waals surface area contributed by atoms with Crippen molar-refractivity contribution in [2.45, 2.75) is 6.54 Å². The molecule has 148 valence electrons. The Morgan fingerprint density at radius 1 is 1.00 bits per heavy atom. The van der Waals surface area contributed by atoms with E-state index < -0.39 is 0 Å². The molecule has 0 bridgehead atoms. The van der Waals surface area contributed by atoms with Gasteiger partial charge in [0.15, 0.2) is 0 Å². The van der Waals surface area contributed by atoms with Crippen LogP contribution in [-0.2, 0) is 11.3 Å². The first kappa shape index (κ1) is 19.2. The summed E-state index contributed by atoms with van der Waals surface area (Å²) in [6, 6.07) is 11.7. The predicted molar refractivity (Wildman–Crippen MR) is 110 cm³/mol. The highest BCUT2D eigenvalue weighted by atomic mass is 35.5. The van der Waals surface area contributed by atoms with E-state index in [-0.39, 0.29) is 5.91 Å². The number of pyridine rings is 1. The molecule has 28 heavy (non-hydrogen) atoms. The van der Waals surface area contributed by atoms with Gasteiger partial charge >= 0.3 is 0 Å². The van der Waals surface area contributed by atoms with Gasteiger partial charge in [0.25, 0.3) is 5.91 Å². The van der Waals surface area contributed by atoms with Crippen LogP contribution in [0, 0.1) is 0 Å². The summed E-state index contributed by atoms with van der Waals surface area (Å²) >= 11 is 5.96. The maximum atomic E-state index is 13.2. The molecule has 3 heterocycles. The molecule has 0 unspecified atom stereocenters. The largest absolute Gasteiger partial charge is 0.378 e. The Morgan fingerprint density at radius 3 is 2.43 bits per heavy atom. The highest BCUT2D eigenvalue weighted by Crippen LogP contribution is 2.21. The molecule has 2 aromatic rings. The number of piperazine rings is 1. The molecule has 2 fully saturated rings. The van der Waals surface area contributed by atoms with E-state index in [1.165, 1.54) is 5.56 Å². The van der Waals surface area contributed by atoms with E-state index in [2.05, 4.69) is 26.9 Å². The van der Waals surface area contributed by atoms with Crippen LogP contribution in [0.5, 0.6) is 0 Å². The van der Waals surface area contributed by atoms with Crippen molar-refractivity contribution in [2.24, 2.45) is 0 Å². The average molecular weight is 401 g/mol. The number of aromatic nitrogens is 1. The van der Waals surface area contributed by atoms with E-state index in [4.69, 9.17) is 16.3 Å². The Bertz CT molecular complexity index is 800. The van der Waals surface area contributed by atoms with Gasteiger partial charge in [-0.25, -0.2) is 4.98 Å². The minimum Gasteiger partial charge on any atom is -0.378 e. The quantitative estimate of drug-likeness (QED) is 0.789. The molecule has 1 amide bonds. The second-order valence-corrected chi connectivity index (χ2v) is 7.61. The third-order valence-electron chi connectivity index (χ3n) is 5.31. The first-order valence-corrected chi connectivity index (χ1v) is 10.1. The lowest BCUT2D eigenvalue weighted by Gasteiger charge is -2.36. The topological polar surface area (TPSA) is 48.9 Å². The Hall–Kier alpha value is -2.15. The van der Waals surface area contributed by atoms with Crippen LogP contribution in [0.15, 0.2) is 42.6 Å². The van der Waals surface area contributed by atoms with Crippen LogP contribution in [0.1, 0.15) is 15.9 Å². The SMILES string of the molecule is O=C(c1cccnc1N1CCOCC1)N1CCN(Cc2ccc(Cl)cc2)CC1. The summed E-state index contributed by atoms with van der Waals surface area (Å²) in [4.78, 5) is 24.1. The van der Waals surface area contributed by atoms with Gasteiger partial charge in [-0.2, -0.15) is 0 Å². The maximum Gasteiger partial charge on any atom is 0.257 e. The standard InChI is InChI=1S/C21H25ClN4O2/c22-18-5-3-17(4-6-18)16-24-8-10-26(11-9-24)21(27)19-2-1-7-23-20(19)25-12-14-28-15-13-25/h1-7H,8-16H2. The van der Waals surface area contributed by atoms with Gasteiger partial charge in [0.2, 0.25) is 0 Å². The number of hydrogen-bond acceptors (Lipinski definition) is 5. The van der Waals surface area contributed by atoms with E-state index >= 15 is 0 Å². The number of nitrogens with zero attached hydrogens (tertiary/aromatic N) is 4. The zero-order chi connectivity index (χ0) is 19.3. The summed E-state index contributed by atoms with van der Waals surface area (Å²) in [5, 5.41) is 0.756. The molecule has 2 aliphatic heterocycles. The summed E-state index contributed by atoms with van der Waals surface area (Å²) in [5.41, 5.74) is 1.93. The second-order valence-electron chi connectivity index (χ2n) is 7.17. The zero-order valence-corrected chi connectivity index (χ0v) is 16.6. The van der Waals surface area contributed by atoms with Crippen LogP contribution in [-0.4, -0.2) is 73.2 Å². The molecular formula is C21H25ClN4O2. The molecule has 7 heteroatoms. The van der Waals surface area contributed by atoms with Crippen LogP contribution in [0.2, 0.25) is 5.02 Å². The Balaban J connectivity index is 1.38. The van der Waals surface area contributed by atoms with E-state index in [0.717, 1.165) is 56.7 Å². The van der Waals surface area contributed by atoms with Crippen molar-refractivity contribution < 1.29 is 9.53 Å². The third-order valence-corrected chi connectivity index (χ3v) is 5.56. The van der Waals surface area contributed by atoms with Crippen molar-refractivity contribution in [1.29, 1.82) is 0 Å². The fourth-order valence-electron chi connectivity index (χ4n) is 3.72. The van der Waals surface area contributed by atoms with Crippen molar-refractivity contribution in [3.8, 4) is 0 Å². The zero-order valence-electron chi connectivity index (χ0n) is 15.9. The molecule has 0 saturated carbocycles. The smallest absolute Gasteiger partial charge is 0.257 e. The number of carbonyl (C=O) groups excluding carboxylic acids is 1. The monoisotopic (exact) mass is 400 g/mol. The Morgan fingerprint density at radius 2 is 1.71 bits per heavy atom. The lowest BCUT2D eigenvalue weighted by molar-refractivity contribution is 0.0627. The Labute approximate surface area is 170 Å². The maximum absolute atomic E-state index is 13.2. The number of benzene rings is 1. The normalized spacial score (nSPS) is 18.3. The molecule has 0 atom stereocenters. The number of carbonyl (C=O) groups is 1. The number of ether oxygens (including phenoxy) is 1. The molecule has 0 spiro atoms. The van der Waals surface area contributed by atoms with Gasteiger partial charge in [0, 0.05) is 57.0 Å². The number of morpholine rings is 1. The van der Waals surface area contributed by atoms with E-state index in [9.17, 15) is 4.79 Å². The molecule has 0 N–H and O–H groups in total. The summed E-state index contributed by atoms with van der Waals surface area (Å²) in [5.74, 6) is 0.847. The van der Waals surface area contributed by atoms with Gasteiger partial charge in [0.05, 0.1) is 18.8 Å². The van der Waals surface area contributed by atoms with Gasteiger partial charge in [0.1, 0.15) is 5.82 Å². The summed E-state index contributed by atoms with van der Waals surface area (Å²) in [6.07, 6.45) is 1.76. The van der Waals surface area contributed by atoms with Crippen molar-refractivity contribution in [3.05, 3.63) is 58.7 Å². The number of hydrogen-bond donors (Lipinski definition) is 0. The molecule has 6 nitrogen and oxygen atoms in total. The molecule has 0 aliphatic carbocycles. The summed E-state index contributed by atoms with van der Waals surface area (Å²) < 4.78 is 5.43. The van der Waals surface area contributed by atoms with Crippen molar-refractivity contribution in [3.63, 3.8) is 0 Å². The number of rotatable bonds is 4. The highest BCUT2D eigenvalue weighted by molar-refractivity contribution is 6.30. The van der Waals surface area contributed by atoms with Crippen LogP contribution < -0.4 is 4.90 Å². The van der Waals surface area contributed by atoms with E-state index in [1.54, 1.807) is 6.20 Å². The molecule has 1 aromatic heterocycles. The first-order valence-electron chi connectivity index (χ1n) is 9.74. The molecule has 4 rings (SSSR count). The molecular weight excluding hydrogens is 376 g/mol. The number of halogens is 1. The van der Waals surface area contributed by atoms with Crippen molar-refractivity contribution >= 4 is 23.3 Å². The van der Waals surface area contributed by atoms with Gasteiger partial charge in [-0.3, -0.25) is 9.69 Å². The third kappa shape index (κ3) is 4.46. The van der Waals surface area contributed by atoms with Crippen LogP contribution in [0.4, 0.5) is 5.82 Å².